The van der Waals surface area contributed by atoms with Crippen molar-refractivity contribution in [2.75, 3.05) is 7.11 Å². The summed E-state index contributed by atoms with van der Waals surface area (Å²) in [5.41, 5.74) is 4.26. The van der Waals surface area contributed by atoms with E-state index in [0.29, 0.717) is 6.04 Å². The van der Waals surface area contributed by atoms with E-state index in [4.69, 9.17) is 4.74 Å². The first kappa shape index (κ1) is 15.5. The normalized spacial score (nSPS) is 11.0. The molecule has 0 aliphatic heterocycles. The number of ether oxygens (including phenoxy) is 1. The van der Waals surface area contributed by atoms with E-state index in [0.717, 1.165) is 23.2 Å². The van der Waals surface area contributed by atoms with E-state index < -0.39 is 0 Å². The fourth-order valence-corrected chi connectivity index (χ4v) is 2.26. The van der Waals surface area contributed by atoms with Gasteiger partial charge in [0.1, 0.15) is 0 Å². The van der Waals surface area contributed by atoms with E-state index in [-0.39, 0.29) is 11.6 Å². The molecule has 21 heavy (non-hydrogen) atoms. The van der Waals surface area contributed by atoms with Crippen molar-refractivity contribution in [2.24, 2.45) is 0 Å². The molecular formula is C18H22FNO. The minimum Gasteiger partial charge on any atom is -0.494 e. The highest BCUT2D eigenvalue weighted by atomic mass is 19.1. The Kier molecular flexibility index (Phi) is 4.97. The molecule has 0 fully saturated rings. The highest BCUT2D eigenvalue weighted by Crippen LogP contribution is 2.29. The fourth-order valence-electron chi connectivity index (χ4n) is 2.26. The summed E-state index contributed by atoms with van der Waals surface area (Å²) in [5.74, 6) is -0.0625. The van der Waals surface area contributed by atoms with Crippen molar-refractivity contribution in [3.8, 4) is 16.9 Å². The summed E-state index contributed by atoms with van der Waals surface area (Å²) in [6, 6.07) is 11.8. The van der Waals surface area contributed by atoms with Crippen LogP contribution in [0.4, 0.5) is 4.39 Å². The quantitative estimate of drug-likeness (QED) is 0.885. The van der Waals surface area contributed by atoms with Gasteiger partial charge in [0.2, 0.25) is 0 Å². The SMILES string of the molecule is COc1ccc(-c2cc(C)ccc2CNC(C)C)cc1F. The predicted molar refractivity (Wildman–Crippen MR) is 85.1 cm³/mol. The topological polar surface area (TPSA) is 21.3 Å². The molecule has 0 aliphatic carbocycles. The number of rotatable bonds is 5. The van der Waals surface area contributed by atoms with Crippen LogP contribution in [0.25, 0.3) is 11.1 Å². The molecule has 2 aromatic carbocycles. The maximum absolute atomic E-state index is 13.9. The van der Waals surface area contributed by atoms with Crippen LogP contribution in [0.1, 0.15) is 25.0 Å². The zero-order valence-electron chi connectivity index (χ0n) is 13.0. The number of halogens is 1. The third-order valence-corrected chi connectivity index (χ3v) is 3.43. The van der Waals surface area contributed by atoms with Crippen LogP contribution in [0.15, 0.2) is 36.4 Å². The van der Waals surface area contributed by atoms with Crippen LogP contribution in [0.2, 0.25) is 0 Å². The van der Waals surface area contributed by atoms with Crippen LogP contribution < -0.4 is 10.1 Å². The van der Waals surface area contributed by atoms with Gasteiger partial charge in [-0.3, -0.25) is 0 Å². The smallest absolute Gasteiger partial charge is 0.165 e. The summed E-state index contributed by atoms with van der Waals surface area (Å²) in [7, 11) is 1.47. The summed E-state index contributed by atoms with van der Waals surface area (Å²) in [6.45, 7) is 7.03. The number of benzene rings is 2. The molecule has 0 spiro atoms. The lowest BCUT2D eigenvalue weighted by Gasteiger charge is -2.14. The van der Waals surface area contributed by atoms with Crippen molar-refractivity contribution in [1.29, 1.82) is 0 Å². The van der Waals surface area contributed by atoms with Crippen molar-refractivity contribution in [3.05, 3.63) is 53.3 Å². The first-order valence-corrected chi connectivity index (χ1v) is 7.18. The van der Waals surface area contributed by atoms with Crippen molar-refractivity contribution in [3.63, 3.8) is 0 Å². The molecule has 3 heteroatoms. The molecule has 0 aliphatic rings. The number of hydrogen-bond donors (Lipinski definition) is 1. The molecule has 2 nitrogen and oxygen atoms in total. The number of nitrogens with one attached hydrogen (secondary N) is 1. The van der Waals surface area contributed by atoms with Crippen LogP contribution >= 0.6 is 0 Å². The molecule has 0 saturated heterocycles. The molecule has 0 unspecified atom stereocenters. The molecule has 0 bridgehead atoms. The lowest BCUT2D eigenvalue weighted by molar-refractivity contribution is 0.386. The Hall–Kier alpha value is -1.87. The van der Waals surface area contributed by atoms with Crippen LogP contribution in [-0.4, -0.2) is 13.2 Å². The average Bonchev–Trinajstić information content (AvgIpc) is 2.45. The minimum absolute atomic E-state index is 0.272. The molecular weight excluding hydrogens is 265 g/mol. The Labute approximate surface area is 126 Å². The maximum atomic E-state index is 13.9. The Balaban J connectivity index is 2.41. The Morgan fingerprint density at radius 3 is 2.52 bits per heavy atom. The van der Waals surface area contributed by atoms with E-state index in [2.05, 4.69) is 37.4 Å². The van der Waals surface area contributed by atoms with Gasteiger partial charge in [0.15, 0.2) is 11.6 Å². The minimum atomic E-state index is -0.334. The molecule has 0 heterocycles. The average molecular weight is 287 g/mol. The molecule has 0 saturated carbocycles. The standard InChI is InChI=1S/C18H22FNO/c1-12(2)20-11-15-6-5-13(3)9-16(15)14-7-8-18(21-4)17(19)10-14/h5-10,12,20H,11H2,1-4H3. The van der Waals surface area contributed by atoms with Gasteiger partial charge in [-0.25, -0.2) is 4.39 Å². The third-order valence-electron chi connectivity index (χ3n) is 3.43. The van der Waals surface area contributed by atoms with Crippen molar-refractivity contribution < 1.29 is 9.13 Å². The van der Waals surface area contributed by atoms with Crippen molar-refractivity contribution >= 4 is 0 Å². The van der Waals surface area contributed by atoms with Gasteiger partial charge in [0.25, 0.3) is 0 Å². The molecule has 2 rings (SSSR count). The Morgan fingerprint density at radius 2 is 1.90 bits per heavy atom. The van der Waals surface area contributed by atoms with Gasteiger partial charge in [0.05, 0.1) is 7.11 Å². The van der Waals surface area contributed by atoms with Gasteiger partial charge < -0.3 is 10.1 Å². The van der Waals surface area contributed by atoms with Crippen molar-refractivity contribution in [2.45, 2.75) is 33.4 Å². The van der Waals surface area contributed by atoms with Gasteiger partial charge in [-0.1, -0.05) is 43.7 Å². The molecule has 0 aromatic heterocycles. The molecule has 0 atom stereocenters. The predicted octanol–water partition coefficient (Wildman–Crippen LogP) is 4.31. The summed E-state index contributed by atoms with van der Waals surface area (Å²) in [5, 5.41) is 3.41. The number of hydrogen-bond acceptors (Lipinski definition) is 2. The second kappa shape index (κ2) is 6.72. The van der Waals surface area contributed by atoms with Crippen molar-refractivity contribution in [1.82, 2.24) is 5.32 Å². The second-order valence-corrected chi connectivity index (χ2v) is 5.55. The zero-order valence-corrected chi connectivity index (χ0v) is 13.0. The van der Waals surface area contributed by atoms with E-state index >= 15 is 0 Å². The first-order valence-electron chi connectivity index (χ1n) is 7.18. The van der Waals surface area contributed by atoms with Crippen LogP contribution in [0.3, 0.4) is 0 Å². The van der Waals surface area contributed by atoms with E-state index in [1.165, 1.54) is 18.7 Å². The number of aryl methyl sites for hydroxylation is 1. The molecule has 2 aromatic rings. The van der Waals surface area contributed by atoms with Crippen LogP contribution in [0, 0.1) is 12.7 Å². The summed E-state index contributed by atoms with van der Waals surface area (Å²) in [4.78, 5) is 0. The second-order valence-electron chi connectivity index (χ2n) is 5.55. The lowest BCUT2D eigenvalue weighted by atomic mass is 9.97. The lowest BCUT2D eigenvalue weighted by Crippen LogP contribution is -2.22. The third kappa shape index (κ3) is 3.82. The highest BCUT2D eigenvalue weighted by Gasteiger charge is 2.10. The van der Waals surface area contributed by atoms with Gasteiger partial charge in [-0.2, -0.15) is 0 Å². The van der Waals surface area contributed by atoms with Gasteiger partial charge in [0, 0.05) is 12.6 Å². The van der Waals surface area contributed by atoms with E-state index in [1.54, 1.807) is 6.07 Å². The summed E-state index contributed by atoms with van der Waals surface area (Å²) < 4.78 is 18.9. The monoisotopic (exact) mass is 287 g/mol. The van der Waals surface area contributed by atoms with Gasteiger partial charge in [-0.05, 0) is 35.7 Å². The first-order chi connectivity index (χ1) is 10.0. The van der Waals surface area contributed by atoms with Crippen LogP contribution in [-0.2, 0) is 6.54 Å². The molecule has 1 N–H and O–H groups in total. The highest BCUT2D eigenvalue weighted by molar-refractivity contribution is 5.69. The van der Waals surface area contributed by atoms with Crippen LogP contribution in [0.5, 0.6) is 5.75 Å². The van der Waals surface area contributed by atoms with E-state index in [9.17, 15) is 4.39 Å². The Morgan fingerprint density at radius 1 is 1.14 bits per heavy atom. The Bertz CT molecular complexity index is 623. The van der Waals surface area contributed by atoms with Gasteiger partial charge in [-0.15, -0.1) is 0 Å². The van der Waals surface area contributed by atoms with E-state index in [1.807, 2.05) is 13.0 Å². The molecule has 0 amide bonds. The molecule has 112 valence electrons. The summed E-state index contributed by atoms with van der Waals surface area (Å²) in [6.07, 6.45) is 0. The fraction of sp³-hybridized carbons (Fsp3) is 0.333. The largest absolute Gasteiger partial charge is 0.494 e. The number of methoxy groups -OCH3 is 1. The zero-order chi connectivity index (χ0) is 15.4. The molecule has 0 radical (unpaired) electrons. The maximum Gasteiger partial charge on any atom is 0.165 e. The summed E-state index contributed by atoms with van der Waals surface area (Å²) >= 11 is 0. The van der Waals surface area contributed by atoms with Gasteiger partial charge >= 0.3 is 0 Å².